The summed E-state index contributed by atoms with van der Waals surface area (Å²) in [5.41, 5.74) is 16.6. The zero-order valence-corrected chi connectivity index (χ0v) is 32.3. The molecule has 0 N–H and O–H groups in total. The van der Waals surface area contributed by atoms with Gasteiger partial charge in [-0.05, 0) is 120 Å². The van der Waals surface area contributed by atoms with Gasteiger partial charge in [-0.2, -0.15) is 0 Å². The highest BCUT2D eigenvalue weighted by molar-refractivity contribution is 6.10. The molecule has 0 saturated carbocycles. The summed E-state index contributed by atoms with van der Waals surface area (Å²) in [6.07, 6.45) is 0.934. The van der Waals surface area contributed by atoms with Gasteiger partial charge in [-0.1, -0.05) is 109 Å². The van der Waals surface area contributed by atoms with Crippen molar-refractivity contribution in [3.05, 3.63) is 230 Å². The van der Waals surface area contributed by atoms with E-state index in [2.05, 4.69) is 237 Å². The molecule has 0 saturated heterocycles. The lowest BCUT2D eigenvalue weighted by molar-refractivity contribution is 1.09. The van der Waals surface area contributed by atoms with E-state index in [4.69, 9.17) is 0 Å². The van der Waals surface area contributed by atoms with Crippen LogP contribution in [-0.4, -0.2) is 9.13 Å². The van der Waals surface area contributed by atoms with Crippen LogP contribution in [0.2, 0.25) is 0 Å². The third kappa shape index (κ3) is 5.30. The molecule has 0 spiro atoms. The summed E-state index contributed by atoms with van der Waals surface area (Å²) in [6, 6.07) is 79.4. The number of aromatic nitrogens is 2. The number of anilines is 6. The molecule has 1 aliphatic heterocycles. The van der Waals surface area contributed by atoms with E-state index in [9.17, 15) is 0 Å². The van der Waals surface area contributed by atoms with Crippen LogP contribution in [-0.2, 0) is 6.42 Å². The van der Waals surface area contributed by atoms with Crippen molar-refractivity contribution in [1.29, 1.82) is 0 Å². The minimum atomic E-state index is 0.934. The molecule has 1 aliphatic rings. The van der Waals surface area contributed by atoms with Crippen LogP contribution < -0.4 is 9.80 Å². The van der Waals surface area contributed by atoms with Gasteiger partial charge in [-0.25, -0.2) is 0 Å². The van der Waals surface area contributed by atoms with Crippen molar-refractivity contribution < 1.29 is 0 Å². The SMILES string of the molecule is c1ccc2c(c1)Cc1ccccc1N2c1ccc(N(c2ccc(-n3c4ccccc4c4ccccc43)cc2)c2ccc(-n3c4ccccc4c4ccccc43)cc2)cc1. The van der Waals surface area contributed by atoms with E-state index in [-0.39, 0.29) is 0 Å². The molecule has 278 valence electrons. The van der Waals surface area contributed by atoms with Gasteiger partial charge in [0.2, 0.25) is 0 Å². The first-order valence-corrected chi connectivity index (χ1v) is 20.3. The van der Waals surface area contributed by atoms with Crippen molar-refractivity contribution in [2.24, 2.45) is 0 Å². The first-order chi connectivity index (χ1) is 29.3. The van der Waals surface area contributed by atoms with Crippen LogP contribution in [0.1, 0.15) is 11.1 Å². The number of nitrogens with zero attached hydrogens (tertiary/aromatic N) is 4. The van der Waals surface area contributed by atoms with Gasteiger partial charge in [0.05, 0.1) is 22.1 Å². The standard InChI is InChI=1S/C55H38N4/c1-7-19-50-38(13-1)37-39-14-2-8-20-51(39)57(50)43-31-25-40(26-32-43)56(41-27-33-44(34-28-41)58-52-21-9-3-15-46(52)47-16-4-10-22-53(47)58)42-29-35-45(36-30-42)59-54-23-11-5-17-48(54)49-18-6-12-24-55(49)59/h1-36H,37H2. The topological polar surface area (TPSA) is 16.3 Å². The van der Waals surface area contributed by atoms with E-state index in [1.165, 1.54) is 66.1 Å². The summed E-state index contributed by atoms with van der Waals surface area (Å²) in [7, 11) is 0. The van der Waals surface area contributed by atoms with E-state index in [1.807, 2.05) is 0 Å². The maximum absolute atomic E-state index is 2.41. The van der Waals surface area contributed by atoms with Gasteiger partial charge in [-0.3, -0.25) is 0 Å². The number of benzene rings is 9. The van der Waals surface area contributed by atoms with E-state index < -0.39 is 0 Å². The summed E-state index contributed by atoms with van der Waals surface area (Å²) in [6.45, 7) is 0. The molecule has 0 aliphatic carbocycles. The third-order valence-corrected chi connectivity index (χ3v) is 12.1. The molecule has 0 unspecified atom stereocenters. The molecule has 0 bridgehead atoms. The fourth-order valence-electron chi connectivity index (χ4n) is 9.47. The molecule has 3 heterocycles. The van der Waals surface area contributed by atoms with Crippen LogP contribution in [0.25, 0.3) is 55.0 Å². The van der Waals surface area contributed by atoms with Gasteiger partial charge in [0, 0.05) is 73.5 Å². The molecule has 2 aromatic heterocycles. The normalized spacial score (nSPS) is 12.3. The minimum Gasteiger partial charge on any atom is -0.310 e. The van der Waals surface area contributed by atoms with Crippen molar-refractivity contribution >= 4 is 77.7 Å². The first-order valence-electron chi connectivity index (χ1n) is 20.3. The Morgan fingerprint density at radius 1 is 0.288 bits per heavy atom. The Hall–Kier alpha value is -7.82. The van der Waals surface area contributed by atoms with Gasteiger partial charge in [-0.15, -0.1) is 0 Å². The lowest BCUT2D eigenvalue weighted by Crippen LogP contribution is -2.18. The summed E-state index contributed by atoms with van der Waals surface area (Å²) in [5, 5.41) is 5.04. The largest absolute Gasteiger partial charge is 0.310 e. The summed E-state index contributed by atoms with van der Waals surface area (Å²) >= 11 is 0. The molecule has 59 heavy (non-hydrogen) atoms. The smallest absolute Gasteiger partial charge is 0.0541 e. The maximum Gasteiger partial charge on any atom is 0.0541 e. The van der Waals surface area contributed by atoms with Gasteiger partial charge in [0.15, 0.2) is 0 Å². The number of hydrogen-bond donors (Lipinski definition) is 0. The zero-order chi connectivity index (χ0) is 38.9. The number of para-hydroxylation sites is 6. The van der Waals surface area contributed by atoms with Crippen molar-refractivity contribution in [3.8, 4) is 11.4 Å². The van der Waals surface area contributed by atoms with Crippen LogP contribution in [0.15, 0.2) is 218 Å². The van der Waals surface area contributed by atoms with Crippen LogP contribution in [0, 0.1) is 0 Å². The monoisotopic (exact) mass is 754 g/mol. The highest BCUT2D eigenvalue weighted by atomic mass is 15.2. The molecule has 11 aromatic rings. The lowest BCUT2D eigenvalue weighted by Gasteiger charge is -2.34. The minimum absolute atomic E-state index is 0.934. The van der Waals surface area contributed by atoms with Crippen LogP contribution in [0.3, 0.4) is 0 Å². The van der Waals surface area contributed by atoms with Crippen LogP contribution >= 0.6 is 0 Å². The molecule has 12 rings (SSSR count). The third-order valence-electron chi connectivity index (χ3n) is 12.1. The van der Waals surface area contributed by atoms with Gasteiger partial charge < -0.3 is 18.9 Å². The first kappa shape index (κ1) is 33.3. The summed E-state index contributed by atoms with van der Waals surface area (Å²) < 4.78 is 4.75. The van der Waals surface area contributed by atoms with Crippen molar-refractivity contribution in [2.45, 2.75) is 6.42 Å². The van der Waals surface area contributed by atoms with E-state index >= 15 is 0 Å². The number of fused-ring (bicyclic) bond motifs is 8. The highest BCUT2D eigenvalue weighted by Gasteiger charge is 2.24. The quantitative estimate of drug-likeness (QED) is 0.168. The number of rotatable bonds is 6. The molecule has 9 aromatic carbocycles. The van der Waals surface area contributed by atoms with E-state index in [1.54, 1.807) is 0 Å². The Bertz CT molecular complexity index is 3040. The summed E-state index contributed by atoms with van der Waals surface area (Å²) in [4.78, 5) is 4.77. The van der Waals surface area contributed by atoms with Crippen molar-refractivity contribution in [3.63, 3.8) is 0 Å². The second kappa shape index (κ2) is 13.4. The molecule has 0 atom stereocenters. The Labute approximate surface area is 342 Å². The van der Waals surface area contributed by atoms with Gasteiger partial charge in [0.1, 0.15) is 0 Å². The molecule has 0 radical (unpaired) electrons. The van der Waals surface area contributed by atoms with Gasteiger partial charge in [0.25, 0.3) is 0 Å². The Morgan fingerprint density at radius 2 is 0.593 bits per heavy atom. The molecule has 0 amide bonds. The highest BCUT2D eigenvalue weighted by Crippen LogP contribution is 2.45. The molecule has 4 heteroatoms. The average Bonchev–Trinajstić information content (AvgIpc) is 3.82. The average molecular weight is 755 g/mol. The van der Waals surface area contributed by atoms with Crippen molar-refractivity contribution in [1.82, 2.24) is 9.13 Å². The van der Waals surface area contributed by atoms with E-state index in [0.29, 0.717) is 0 Å². The Balaban J connectivity index is 0.982. The van der Waals surface area contributed by atoms with E-state index in [0.717, 1.165) is 40.5 Å². The van der Waals surface area contributed by atoms with Crippen LogP contribution in [0.4, 0.5) is 34.1 Å². The maximum atomic E-state index is 2.41. The summed E-state index contributed by atoms with van der Waals surface area (Å²) in [5.74, 6) is 0. The molecular weight excluding hydrogens is 717 g/mol. The second-order valence-electron chi connectivity index (χ2n) is 15.4. The zero-order valence-electron chi connectivity index (χ0n) is 32.3. The van der Waals surface area contributed by atoms with Crippen LogP contribution in [0.5, 0.6) is 0 Å². The predicted molar refractivity (Wildman–Crippen MR) is 247 cm³/mol. The number of hydrogen-bond acceptors (Lipinski definition) is 2. The Kier molecular flexibility index (Phi) is 7.57. The van der Waals surface area contributed by atoms with Gasteiger partial charge >= 0.3 is 0 Å². The van der Waals surface area contributed by atoms with Crippen molar-refractivity contribution in [2.75, 3.05) is 9.80 Å². The predicted octanol–water partition coefficient (Wildman–Crippen LogP) is 14.7. The molecule has 4 nitrogen and oxygen atoms in total. The molecular formula is C55H38N4. The lowest BCUT2D eigenvalue weighted by atomic mass is 9.95. The fourth-order valence-corrected chi connectivity index (χ4v) is 9.47. The second-order valence-corrected chi connectivity index (χ2v) is 15.4. The fraction of sp³-hybridized carbons (Fsp3) is 0.0182. The Morgan fingerprint density at radius 3 is 0.966 bits per heavy atom. The molecule has 0 fully saturated rings.